The molecule has 0 fully saturated rings. The minimum absolute atomic E-state index is 0. The van der Waals surface area contributed by atoms with Crippen LogP contribution in [-0.4, -0.2) is 23.5 Å². The van der Waals surface area contributed by atoms with Crippen molar-refractivity contribution in [1.29, 1.82) is 0 Å². The molecule has 0 unspecified atom stereocenters. The van der Waals surface area contributed by atoms with Crippen LogP contribution >= 0.6 is 0 Å². The summed E-state index contributed by atoms with van der Waals surface area (Å²) in [7, 11) is 0. The van der Waals surface area contributed by atoms with Crippen LogP contribution in [0.1, 0.15) is 11.1 Å². The average Bonchev–Trinajstić information content (AvgIpc) is 2.04. The first-order valence-corrected chi connectivity index (χ1v) is 2.74. The largest absolute Gasteiger partial charge is 0.412 e. The number of carbonyl (C=O) groups excluding carboxylic acids is 2. The third-order valence-electron chi connectivity index (χ3n) is 1.15. The standard InChI is InChI=1S/C8H4O2.2H2O.2Y/c9-5-7-3-1-2-4-8(7)6-10;;;;/h1-4H;2*1H2;;/q-2;;;;. The van der Waals surface area contributed by atoms with Gasteiger partial charge in [-0.25, -0.2) is 12.1 Å². The van der Waals surface area contributed by atoms with Crippen molar-refractivity contribution in [3.05, 3.63) is 35.4 Å². The second-order valence-electron chi connectivity index (χ2n) is 1.75. The molecule has 2 radical (unpaired) electrons. The van der Waals surface area contributed by atoms with Gasteiger partial charge in [0.1, 0.15) is 0 Å². The van der Waals surface area contributed by atoms with E-state index >= 15 is 0 Å². The Labute approximate surface area is 132 Å². The van der Waals surface area contributed by atoms with Gasteiger partial charge >= 0.3 is 0 Å². The maximum atomic E-state index is 10.1. The molecule has 1 aromatic rings. The zero-order valence-corrected chi connectivity index (χ0v) is 13.0. The predicted molar refractivity (Wildman–Crippen MR) is 43.3 cm³/mol. The third kappa shape index (κ3) is 7.04. The van der Waals surface area contributed by atoms with Crippen molar-refractivity contribution < 1.29 is 86.0 Å². The molecule has 4 nitrogen and oxygen atoms in total. The molecule has 0 spiro atoms. The number of hydrogen-bond donors (Lipinski definition) is 0. The Bertz CT molecular complexity index is 238. The van der Waals surface area contributed by atoms with E-state index in [1.54, 1.807) is 24.7 Å². The number of benzene rings is 1. The van der Waals surface area contributed by atoms with E-state index in [1.807, 2.05) is 0 Å². The Balaban J connectivity index is -0.000000125. The summed E-state index contributed by atoms with van der Waals surface area (Å²) in [5.41, 5.74) is 0.523. The average molecular weight is 346 g/mol. The van der Waals surface area contributed by atoms with E-state index in [9.17, 15) is 9.59 Å². The Hall–Kier alpha value is 0.688. The molecule has 0 saturated carbocycles. The quantitative estimate of drug-likeness (QED) is 0.639. The first-order valence-electron chi connectivity index (χ1n) is 2.74. The van der Waals surface area contributed by atoms with Gasteiger partial charge in [0.15, 0.2) is 0 Å². The zero-order valence-electron chi connectivity index (χ0n) is 7.28. The van der Waals surface area contributed by atoms with Crippen LogP contribution in [0.2, 0.25) is 0 Å². The van der Waals surface area contributed by atoms with Crippen LogP contribution in [0.15, 0.2) is 24.3 Å². The van der Waals surface area contributed by atoms with Gasteiger partial charge in [-0.3, -0.25) is 11.1 Å². The SMILES string of the molecule is O.O.O=[C-]c1ccccc1[C-]=O.[Y].[Y]. The molecule has 0 heterocycles. The molecule has 0 amide bonds. The van der Waals surface area contributed by atoms with Crippen molar-refractivity contribution in [1.82, 2.24) is 0 Å². The van der Waals surface area contributed by atoms with E-state index in [-0.39, 0.29) is 87.5 Å². The maximum absolute atomic E-state index is 10.1. The van der Waals surface area contributed by atoms with Gasteiger partial charge in [-0.2, -0.15) is 0 Å². The summed E-state index contributed by atoms with van der Waals surface area (Å²) < 4.78 is 0. The fraction of sp³-hybridized carbons (Fsp3) is 0. The second-order valence-corrected chi connectivity index (χ2v) is 1.75. The summed E-state index contributed by atoms with van der Waals surface area (Å²) >= 11 is 0. The van der Waals surface area contributed by atoms with Gasteiger partial charge in [0.2, 0.25) is 0 Å². The van der Waals surface area contributed by atoms with Gasteiger partial charge in [0.25, 0.3) is 0 Å². The molecule has 1 aromatic carbocycles. The summed E-state index contributed by atoms with van der Waals surface area (Å²) in [6, 6.07) is 6.38. The van der Waals surface area contributed by atoms with Crippen LogP contribution in [0.3, 0.4) is 0 Å². The Morgan fingerprint density at radius 2 is 1.07 bits per heavy atom. The minimum Gasteiger partial charge on any atom is -0.412 e. The molecule has 72 valence electrons. The predicted octanol–water partition coefficient (Wildman–Crippen LogP) is -1.05. The fourth-order valence-corrected chi connectivity index (χ4v) is 0.661. The molecule has 0 aliphatic rings. The fourth-order valence-electron chi connectivity index (χ4n) is 0.661. The van der Waals surface area contributed by atoms with E-state index in [0.717, 1.165) is 0 Å². The van der Waals surface area contributed by atoms with Crippen molar-refractivity contribution in [2.75, 3.05) is 0 Å². The first kappa shape index (κ1) is 24.1. The van der Waals surface area contributed by atoms with Crippen LogP contribution in [0, 0.1) is 0 Å². The van der Waals surface area contributed by atoms with Gasteiger partial charge in [-0.15, -0.1) is 12.1 Å². The van der Waals surface area contributed by atoms with Crippen molar-refractivity contribution in [3.63, 3.8) is 0 Å². The topological polar surface area (TPSA) is 97.1 Å². The van der Waals surface area contributed by atoms with Crippen LogP contribution < -0.4 is 0 Å². The summed E-state index contributed by atoms with van der Waals surface area (Å²) in [6.45, 7) is 0. The molecule has 0 atom stereocenters. The molecular weight excluding hydrogens is 338 g/mol. The minimum atomic E-state index is 0. The first-order chi connectivity index (χ1) is 4.88. The smallest absolute Gasteiger partial charge is 0 e. The molecule has 1 rings (SSSR count). The van der Waals surface area contributed by atoms with Crippen LogP contribution in [0.25, 0.3) is 0 Å². The molecule has 4 N–H and O–H groups in total. The summed E-state index contributed by atoms with van der Waals surface area (Å²) in [5, 5.41) is 0. The molecule has 0 aliphatic heterocycles. The monoisotopic (exact) mass is 346 g/mol. The van der Waals surface area contributed by atoms with Crippen molar-refractivity contribution in [2.24, 2.45) is 0 Å². The van der Waals surface area contributed by atoms with E-state index in [2.05, 4.69) is 0 Å². The molecule has 0 aromatic heterocycles. The number of hydrogen-bond acceptors (Lipinski definition) is 2. The van der Waals surface area contributed by atoms with Crippen LogP contribution in [0.4, 0.5) is 0 Å². The van der Waals surface area contributed by atoms with Crippen molar-refractivity contribution in [3.8, 4) is 0 Å². The summed E-state index contributed by atoms with van der Waals surface area (Å²) in [6.07, 6.45) is 3.27. The molecule has 0 saturated heterocycles. The second kappa shape index (κ2) is 13.7. The van der Waals surface area contributed by atoms with Gasteiger partial charge in [0, 0.05) is 65.4 Å². The van der Waals surface area contributed by atoms with E-state index in [0.29, 0.717) is 0 Å². The Morgan fingerprint density at radius 3 is 1.29 bits per heavy atom. The van der Waals surface area contributed by atoms with Gasteiger partial charge in [0.05, 0.1) is 0 Å². The van der Waals surface area contributed by atoms with Crippen molar-refractivity contribution >= 4 is 12.6 Å². The van der Waals surface area contributed by atoms with Gasteiger partial charge in [-0.1, -0.05) is 0 Å². The van der Waals surface area contributed by atoms with E-state index < -0.39 is 0 Å². The molecule has 14 heavy (non-hydrogen) atoms. The van der Waals surface area contributed by atoms with Gasteiger partial charge < -0.3 is 20.5 Å². The normalized spacial score (nSPS) is 6.29. The Kier molecular flexibility index (Phi) is 23.6. The van der Waals surface area contributed by atoms with Crippen LogP contribution in [0.5, 0.6) is 0 Å². The summed E-state index contributed by atoms with van der Waals surface area (Å²) in [4.78, 5) is 20.2. The molecule has 0 bridgehead atoms. The molecular formula is C8H8O4Y2-2. The van der Waals surface area contributed by atoms with E-state index in [4.69, 9.17) is 0 Å². The Morgan fingerprint density at radius 1 is 0.786 bits per heavy atom. The molecule has 0 aliphatic carbocycles. The third-order valence-corrected chi connectivity index (χ3v) is 1.15. The van der Waals surface area contributed by atoms with Crippen LogP contribution in [-0.2, 0) is 75.0 Å². The maximum Gasteiger partial charge on any atom is 0 e. The summed E-state index contributed by atoms with van der Waals surface area (Å²) in [5.74, 6) is 0. The van der Waals surface area contributed by atoms with Gasteiger partial charge in [-0.05, 0) is 12.6 Å². The zero-order chi connectivity index (χ0) is 7.40. The van der Waals surface area contributed by atoms with Crippen molar-refractivity contribution in [2.45, 2.75) is 0 Å². The van der Waals surface area contributed by atoms with E-state index in [1.165, 1.54) is 12.1 Å². The number of rotatable bonds is 2. The molecule has 6 heteroatoms.